The van der Waals surface area contributed by atoms with Gasteiger partial charge in [-0.3, -0.25) is 0 Å². The van der Waals surface area contributed by atoms with Gasteiger partial charge < -0.3 is 4.74 Å². The van der Waals surface area contributed by atoms with E-state index < -0.39 is 0 Å². The molecule has 1 aromatic carbocycles. The highest BCUT2D eigenvalue weighted by atomic mass is 16.5. The molecule has 1 aliphatic rings. The molecule has 0 saturated carbocycles. The Kier molecular flexibility index (Phi) is 5.92. The van der Waals surface area contributed by atoms with Gasteiger partial charge in [0.15, 0.2) is 0 Å². The van der Waals surface area contributed by atoms with E-state index in [4.69, 9.17) is 4.74 Å². The third-order valence-corrected chi connectivity index (χ3v) is 5.84. The summed E-state index contributed by atoms with van der Waals surface area (Å²) in [4.78, 5) is 12.4. The summed E-state index contributed by atoms with van der Waals surface area (Å²) in [6.07, 6.45) is 8.65. The molecule has 25 heavy (non-hydrogen) atoms. The van der Waals surface area contributed by atoms with E-state index in [1.54, 1.807) is 12.1 Å². The number of rotatable bonds is 6. The summed E-state index contributed by atoms with van der Waals surface area (Å²) in [6.45, 7) is 13.2. The molecule has 1 aromatic rings. The number of esters is 1. The van der Waals surface area contributed by atoms with Gasteiger partial charge in [-0.25, -0.2) is 4.79 Å². The molecule has 0 bridgehead atoms. The molecule has 136 valence electrons. The molecule has 0 heterocycles. The van der Waals surface area contributed by atoms with E-state index >= 15 is 0 Å². The smallest absolute Gasteiger partial charge is 0.338 e. The molecule has 2 nitrogen and oxygen atoms in total. The van der Waals surface area contributed by atoms with Gasteiger partial charge in [-0.2, -0.15) is 0 Å². The maximum Gasteiger partial charge on any atom is 0.338 e. The Hall–Kier alpha value is -1.83. The Morgan fingerprint density at radius 2 is 1.96 bits per heavy atom. The molecule has 0 saturated heterocycles. The Morgan fingerprint density at radius 1 is 1.32 bits per heavy atom. The highest BCUT2D eigenvalue weighted by molar-refractivity contribution is 5.89. The minimum absolute atomic E-state index is 0.143. The van der Waals surface area contributed by atoms with Crippen molar-refractivity contribution in [2.45, 2.75) is 60.5 Å². The van der Waals surface area contributed by atoms with Gasteiger partial charge >= 0.3 is 5.97 Å². The zero-order chi connectivity index (χ0) is 18.7. The quantitative estimate of drug-likeness (QED) is 0.455. The number of allylic oxidation sites excluding steroid dienone is 3. The maximum absolute atomic E-state index is 12.4. The van der Waals surface area contributed by atoms with Crippen LogP contribution in [0.15, 0.2) is 54.1 Å². The summed E-state index contributed by atoms with van der Waals surface area (Å²) in [7, 11) is 0. The molecule has 0 N–H and O–H groups in total. The molecule has 1 aliphatic carbocycles. The Morgan fingerprint density at radius 3 is 2.48 bits per heavy atom. The summed E-state index contributed by atoms with van der Waals surface area (Å²) >= 11 is 0. The van der Waals surface area contributed by atoms with Gasteiger partial charge in [0.25, 0.3) is 0 Å². The summed E-state index contributed by atoms with van der Waals surface area (Å²) in [5.74, 6) is 0.265. The molecule has 0 radical (unpaired) electrons. The van der Waals surface area contributed by atoms with Crippen LogP contribution in [-0.2, 0) is 4.74 Å². The zero-order valence-electron chi connectivity index (χ0n) is 16.5. The van der Waals surface area contributed by atoms with Crippen LogP contribution in [0.4, 0.5) is 0 Å². The minimum atomic E-state index is -0.243. The second-order valence-corrected chi connectivity index (χ2v) is 8.30. The van der Waals surface area contributed by atoms with Crippen LogP contribution in [0.2, 0.25) is 0 Å². The number of hydrogen-bond acceptors (Lipinski definition) is 2. The minimum Gasteiger partial charge on any atom is -0.458 e. The van der Waals surface area contributed by atoms with Crippen LogP contribution in [0.25, 0.3) is 0 Å². The van der Waals surface area contributed by atoms with Gasteiger partial charge in [0.1, 0.15) is 6.10 Å². The fourth-order valence-corrected chi connectivity index (χ4v) is 3.48. The number of ether oxygens (including phenoxy) is 1. The van der Waals surface area contributed by atoms with Crippen molar-refractivity contribution in [3.63, 3.8) is 0 Å². The van der Waals surface area contributed by atoms with Crippen molar-refractivity contribution < 1.29 is 9.53 Å². The van der Waals surface area contributed by atoms with Crippen molar-refractivity contribution in [1.82, 2.24) is 0 Å². The first-order chi connectivity index (χ1) is 11.7. The second kappa shape index (κ2) is 7.59. The van der Waals surface area contributed by atoms with Gasteiger partial charge in [-0.05, 0) is 43.2 Å². The van der Waals surface area contributed by atoms with E-state index in [1.165, 1.54) is 5.57 Å². The molecule has 2 heteroatoms. The largest absolute Gasteiger partial charge is 0.458 e. The third kappa shape index (κ3) is 4.42. The predicted octanol–water partition coefficient (Wildman–Crippen LogP) is 6.20. The number of benzene rings is 1. The maximum atomic E-state index is 12.4. The summed E-state index contributed by atoms with van der Waals surface area (Å²) in [5, 5.41) is 0. The normalized spacial score (nSPS) is 21.2. The van der Waals surface area contributed by atoms with Crippen LogP contribution in [0.1, 0.15) is 64.7 Å². The van der Waals surface area contributed by atoms with Gasteiger partial charge in [0.2, 0.25) is 0 Å². The fourth-order valence-electron chi connectivity index (χ4n) is 3.48. The molecule has 0 unspecified atom stereocenters. The molecule has 0 amide bonds. The molecular formula is C23H32O2. The van der Waals surface area contributed by atoms with Crippen LogP contribution < -0.4 is 0 Å². The Labute approximate surface area is 153 Å². The first-order valence-electron chi connectivity index (χ1n) is 9.31. The van der Waals surface area contributed by atoms with Crippen molar-refractivity contribution in [1.29, 1.82) is 0 Å². The van der Waals surface area contributed by atoms with Gasteiger partial charge in [-0.1, -0.05) is 76.6 Å². The van der Waals surface area contributed by atoms with Gasteiger partial charge in [0, 0.05) is 5.41 Å². The lowest BCUT2D eigenvalue weighted by molar-refractivity contribution is 0.00309. The Bertz CT molecular complexity index is 650. The zero-order valence-corrected chi connectivity index (χ0v) is 16.5. The van der Waals surface area contributed by atoms with E-state index in [0.29, 0.717) is 11.5 Å². The summed E-state index contributed by atoms with van der Waals surface area (Å²) in [6, 6.07) is 9.22. The van der Waals surface area contributed by atoms with Crippen molar-refractivity contribution in [3.8, 4) is 0 Å². The third-order valence-electron chi connectivity index (χ3n) is 5.84. The monoisotopic (exact) mass is 340 g/mol. The first-order valence-corrected chi connectivity index (χ1v) is 9.31. The van der Waals surface area contributed by atoms with Crippen LogP contribution >= 0.6 is 0 Å². The average Bonchev–Trinajstić information content (AvgIpc) is 2.84. The molecule has 2 rings (SSSR count). The average molecular weight is 341 g/mol. The fraction of sp³-hybridized carbons (Fsp3) is 0.522. The van der Waals surface area contributed by atoms with Crippen molar-refractivity contribution in [2.75, 3.05) is 0 Å². The number of hydrogen-bond donors (Lipinski definition) is 0. The lowest BCUT2D eigenvalue weighted by Crippen LogP contribution is -2.32. The van der Waals surface area contributed by atoms with Crippen molar-refractivity contribution in [2.24, 2.45) is 16.7 Å². The predicted molar refractivity (Wildman–Crippen MR) is 105 cm³/mol. The lowest BCUT2D eigenvalue weighted by atomic mass is 9.75. The number of carbonyl (C=O) groups is 1. The first kappa shape index (κ1) is 19.5. The summed E-state index contributed by atoms with van der Waals surface area (Å²) < 4.78 is 5.84. The lowest BCUT2D eigenvalue weighted by Gasteiger charge is -2.32. The van der Waals surface area contributed by atoms with E-state index in [2.05, 4.69) is 59.8 Å². The van der Waals surface area contributed by atoms with Crippen LogP contribution in [-0.4, -0.2) is 12.1 Å². The van der Waals surface area contributed by atoms with Crippen molar-refractivity contribution in [3.05, 3.63) is 59.7 Å². The van der Waals surface area contributed by atoms with E-state index in [-0.39, 0.29) is 22.9 Å². The van der Waals surface area contributed by atoms with E-state index in [9.17, 15) is 4.79 Å². The molecule has 0 fully saturated rings. The number of carbonyl (C=O) groups excluding carboxylic acids is 1. The van der Waals surface area contributed by atoms with Crippen molar-refractivity contribution >= 4 is 5.97 Å². The molecule has 0 spiro atoms. The Balaban J connectivity index is 2.08. The topological polar surface area (TPSA) is 26.3 Å². The molecule has 0 aliphatic heterocycles. The molecule has 2 atom stereocenters. The molecular weight excluding hydrogens is 308 g/mol. The highest BCUT2D eigenvalue weighted by Gasteiger charge is 2.35. The van der Waals surface area contributed by atoms with Crippen LogP contribution in [0.3, 0.4) is 0 Å². The highest BCUT2D eigenvalue weighted by Crippen LogP contribution is 2.44. The second-order valence-electron chi connectivity index (χ2n) is 8.30. The van der Waals surface area contributed by atoms with E-state index in [1.807, 2.05) is 18.2 Å². The standard InChI is InChI=1S/C23H32O2/c1-7-20(25-21(24)18-11-9-8-10-12-18)22(3,4)16-15-19-14-13-17(2)23(19,5)6/h8-13,15-16,19-20H,7,14H2,1-6H3/t19-,20-/m1/s1. The SMILES string of the molecule is CC[C@@H](OC(=O)c1ccccc1)C(C)(C)C=C[C@H]1CC=C(C)C1(C)C. The molecule has 0 aromatic heterocycles. The van der Waals surface area contributed by atoms with Crippen LogP contribution in [0, 0.1) is 16.7 Å². The van der Waals surface area contributed by atoms with Gasteiger partial charge in [-0.15, -0.1) is 0 Å². The summed E-state index contributed by atoms with van der Waals surface area (Å²) in [5.41, 5.74) is 2.07. The van der Waals surface area contributed by atoms with E-state index in [0.717, 1.165) is 12.8 Å². The van der Waals surface area contributed by atoms with Crippen LogP contribution in [0.5, 0.6) is 0 Å². The van der Waals surface area contributed by atoms with Gasteiger partial charge in [0.05, 0.1) is 5.56 Å².